The van der Waals surface area contributed by atoms with E-state index in [4.69, 9.17) is 4.74 Å². The van der Waals surface area contributed by atoms with Crippen LogP contribution in [0, 0.1) is 0 Å². The maximum Gasteiger partial charge on any atom is 0.275 e. The lowest BCUT2D eigenvalue weighted by Gasteiger charge is -2.35. The molecule has 0 aromatic heterocycles. The molecule has 0 bridgehead atoms. The molecule has 0 aliphatic carbocycles. The maximum atomic E-state index is 15.7. The number of halogens is 3. The first-order chi connectivity index (χ1) is 21.1. The van der Waals surface area contributed by atoms with Gasteiger partial charge in [-0.2, -0.15) is 0 Å². The van der Waals surface area contributed by atoms with Crippen LogP contribution < -0.4 is 15.0 Å². The van der Waals surface area contributed by atoms with E-state index in [1.165, 1.54) is 18.1 Å². The van der Waals surface area contributed by atoms with Gasteiger partial charge < -0.3 is 24.8 Å². The Kier molecular flexibility index (Phi) is 10.6. The first kappa shape index (κ1) is 33.6. The van der Waals surface area contributed by atoms with Crippen LogP contribution in [-0.2, 0) is 4.79 Å². The molecule has 1 N–H and O–H groups in total. The smallest absolute Gasteiger partial charge is 0.275 e. The molecule has 238 valence electrons. The average molecular weight is 639 g/mol. The number of ether oxygens (including phenoxy) is 1. The van der Waals surface area contributed by atoms with E-state index in [1.807, 2.05) is 14.1 Å². The van der Waals surface area contributed by atoms with E-state index in [2.05, 4.69) is 10.2 Å². The van der Waals surface area contributed by atoms with Gasteiger partial charge >= 0.3 is 0 Å². The van der Waals surface area contributed by atoms with Crippen molar-refractivity contribution < 1.29 is 27.9 Å². The number of amides is 3. The number of alkyl halides is 2. The minimum Gasteiger partial charge on any atom is -0.496 e. The predicted octanol–water partition coefficient (Wildman–Crippen LogP) is 5.99. The van der Waals surface area contributed by atoms with Crippen LogP contribution in [0.3, 0.4) is 0 Å². The number of rotatable bonds is 6. The summed E-state index contributed by atoms with van der Waals surface area (Å²) < 4.78 is 36.6. The standard InChI is InChI=1S/C34H36F2N4O4.ClH/c1-38(2)25-16-19-39(20-17-25)31(41)22-28-26-8-4-6-10-29(26)40(21-18-34(28,35)36)33(43)23-12-14-24(15-13-23)37-32(42)27-9-5-7-11-30(27)44-3;/h4-15,22,25H,16-21H2,1-3H3,(H,37,42);1H. The van der Waals surface area contributed by atoms with Crippen molar-refractivity contribution in [3.8, 4) is 5.75 Å². The number of para-hydroxylation sites is 2. The largest absolute Gasteiger partial charge is 0.496 e. The number of carbonyl (C=O) groups is 3. The predicted molar refractivity (Wildman–Crippen MR) is 174 cm³/mol. The maximum absolute atomic E-state index is 15.7. The van der Waals surface area contributed by atoms with Gasteiger partial charge in [-0.25, -0.2) is 8.78 Å². The molecule has 2 aliphatic rings. The van der Waals surface area contributed by atoms with Crippen LogP contribution in [0.4, 0.5) is 20.2 Å². The summed E-state index contributed by atoms with van der Waals surface area (Å²) in [5, 5.41) is 2.79. The minimum atomic E-state index is -3.32. The highest BCUT2D eigenvalue weighted by atomic mass is 35.5. The molecular formula is C34H37ClF2N4O4. The zero-order valence-corrected chi connectivity index (χ0v) is 26.3. The fraction of sp³-hybridized carbons (Fsp3) is 0.324. The van der Waals surface area contributed by atoms with Gasteiger partial charge in [-0.1, -0.05) is 30.3 Å². The number of anilines is 2. The number of piperidine rings is 1. The number of methoxy groups -OCH3 is 1. The third kappa shape index (κ3) is 7.34. The van der Waals surface area contributed by atoms with Gasteiger partial charge in [0.15, 0.2) is 0 Å². The average Bonchev–Trinajstić information content (AvgIpc) is 3.14. The Balaban J connectivity index is 0.00000461. The molecule has 0 saturated carbocycles. The van der Waals surface area contributed by atoms with Gasteiger partial charge in [0.25, 0.3) is 17.7 Å². The summed E-state index contributed by atoms with van der Waals surface area (Å²) >= 11 is 0. The van der Waals surface area contributed by atoms with Crippen LogP contribution in [0.1, 0.15) is 45.5 Å². The Morgan fingerprint density at radius 2 is 1.58 bits per heavy atom. The molecule has 45 heavy (non-hydrogen) atoms. The van der Waals surface area contributed by atoms with Gasteiger partial charge in [0.05, 0.1) is 18.4 Å². The summed E-state index contributed by atoms with van der Waals surface area (Å²) in [6.45, 7) is 0.756. The molecule has 0 unspecified atom stereocenters. The van der Waals surface area contributed by atoms with Crippen molar-refractivity contribution in [2.45, 2.75) is 31.2 Å². The second-order valence-corrected chi connectivity index (χ2v) is 11.2. The quantitative estimate of drug-likeness (QED) is 0.336. The van der Waals surface area contributed by atoms with Gasteiger partial charge in [0.1, 0.15) is 5.75 Å². The fourth-order valence-electron chi connectivity index (χ4n) is 5.74. The summed E-state index contributed by atoms with van der Waals surface area (Å²) in [5.41, 5.74) is 1.17. The van der Waals surface area contributed by atoms with Crippen LogP contribution in [0.15, 0.2) is 78.9 Å². The zero-order valence-electron chi connectivity index (χ0n) is 25.5. The molecule has 0 atom stereocenters. The summed E-state index contributed by atoms with van der Waals surface area (Å²) in [6.07, 6.45) is 1.98. The number of allylic oxidation sites excluding steroid dienone is 1. The highest BCUT2D eigenvalue weighted by Gasteiger charge is 2.42. The van der Waals surface area contributed by atoms with Crippen LogP contribution in [0.5, 0.6) is 5.75 Å². The first-order valence-corrected chi connectivity index (χ1v) is 14.6. The summed E-state index contributed by atoms with van der Waals surface area (Å²) in [6, 6.07) is 19.9. The zero-order chi connectivity index (χ0) is 31.4. The summed E-state index contributed by atoms with van der Waals surface area (Å²) in [7, 11) is 5.47. The molecule has 1 fully saturated rings. The van der Waals surface area contributed by atoms with E-state index in [0.29, 0.717) is 41.8 Å². The van der Waals surface area contributed by atoms with Crippen molar-refractivity contribution in [2.75, 3.05) is 51.1 Å². The lowest BCUT2D eigenvalue weighted by atomic mass is 9.96. The second-order valence-electron chi connectivity index (χ2n) is 11.2. The Labute approximate surface area is 268 Å². The van der Waals surface area contributed by atoms with Gasteiger partial charge in [-0.3, -0.25) is 14.4 Å². The summed E-state index contributed by atoms with van der Waals surface area (Å²) in [4.78, 5) is 44.8. The molecule has 0 spiro atoms. The molecule has 3 amide bonds. The van der Waals surface area contributed by atoms with Crippen LogP contribution >= 0.6 is 12.4 Å². The number of benzene rings is 3. The molecule has 2 aliphatic heterocycles. The van der Waals surface area contributed by atoms with Crippen molar-refractivity contribution in [1.82, 2.24) is 9.80 Å². The number of nitrogens with one attached hydrogen (secondary N) is 1. The summed E-state index contributed by atoms with van der Waals surface area (Å²) in [5.74, 6) is -4.18. The van der Waals surface area contributed by atoms with Crippen molar-refractivity contribution in [3.05, 3.63) is 95.6 Å². The van der Waals surface area contributed by atoms with Crippen LogP contribution in [0.2, 0.25) is 0 Å². The molecule has 0 radical (unpaired) electrons. The third-order valence-corrected chi connectivity index (χ3v) is 8.29. The highest BCUT2D eigenvalue weighted by Crippen LogP contribution is 2.43. The van der Waals surface area contributed by atoms with Gasteiger partial charge in [-0.15, -0.1) is 12.4 Å². The molecule has 2 heterocycles. The molecular weight excluding hydrogens is 602 g/mol. The van der Waals surface area contributed by atoms with E-state index in [-0.39, 0.29) is 41.6 Å². The number of hydrogen-bond donors (Lipinski definition) is 1. The number of nitrogens with zero attached hydrogens (tertiary/aromatic N) is 3. The molecule has 3 aromatic carbocycles. The van der Waals surface area contributed by atoms with Crippen molar-refractivity contribution in [1.29, 1.82) is 0 Å². The number of fused-ring (bicyclic) bond motifs is 1. The Morgan fingerprint density at radius 3 is 2.24 bits per heavy atom. The Hall–Kier alpha value is -4.28. The lowest BCUT2D eigenvalue weighted by molar-refractivity contribution is -0.127. The molecule has 8 nitrogen and oxygen atoms in total. The second kappa shape index (κ2) is 14.2. The van der Waals surface area contributed by atoms with Gasteiger partial charge in [0, 0.05) is 60.6 Å². The first-order valence-electron chi connectivity index (χ1n) is 14.6. The molecule has 11 heteroatoms. The van der Waals surface area contributed by atoms with Crippen molar-refractivity contribution >= 4 is 47.1 Å². The molecule has 5 rings (SSSR count). The van der Waals surface area contributed by atoms with E-state index in [0.717, 1.165) is 18.9 Å². The Bertz CT molecular complexity index is 1570. The van der Waals surface area contributed by atoms with E-state index >= 15 is 8.78 Å². The van der Waals surface area contributed by atoms with Crippen molar-refractivity contribution in [2.24, 2.45) is 0 Å². The third-order valence-electron chi connectivity index (χ3n) is 8.29. The SMILES string of the molecule is COc1ccccc1C(=O)Nc1ccc(C(=O)N2CCC(F)(F)C(=CC(=O)N3CCC(N(C)C)CC3)c3ccccc32)cc1.Cl. The van der Waals surface area contributed by atoms with Gasteiger partial charge in [0.2, 0.25) is 5.91 Å². The van der Waals surface area contributed by atoms with Crippen LogP contribution in [-0.4, -0.2) is 80.3 Å². The topological polar surface area (TPSA) is 82.2 Å². The Morgan fingerprint density at radius 1 is 0.933 bits per heavy atom. The number of carbonyl (C=O) groups excluding carboxylic acids is 3. The molecule has 3 aromatic rings. The lowest BCUT2D eigenvalue weighted by Crippen LogP contribution is -2.44. The highest BCUT2D eigenvalue weighted by molar-refractivity contribution is 6.10. The number of likely N-dealkylation sites (tertiary alicyclic amines) is 1. The fourth-order valence-corrected chi connectivity index (χ4v) is 5.74. The van der Waals surface area contributed by atoms with E-state index < -0.39 is 24.2 Å². The van der Waals surface area contributed by atoms with Crippen LogP contribution in [0.25, 0.3) is 5.57 Å². The van der Waals surface area contributed by atoms with Crippen molar-refractivity contribution in [3.63, 3.8) is 0 Å². The number of hydrogen-bond acceptors (Lipinski definition) is 5. The minimum absolute atomic E-state index is 0. The van der Waals surface area contributed by atoms with Gasteiger partial charge in [-0.05, 0) is 69.4 Å². The van der Waals surface area contributed by atoms with E-state index in [1.54, 1.807) is 71.6 Å². The normalized spacial score (nSPS) is 17.2. The van der Waals surface area contributed by atoms with E-state index in [9.17, 15) is 14.4 Å². The molecule has 1 saturated heterocycles. The monoisotopic (exact) mass is 638 g/mol.